The van der Waals surface area contributed by atoms with Gasteiger partial charge in [0.05, 0.1) is 35.5 Å². The monoisotopic (exact) mass is 364 g/mol. The number of carbonyl (C=O) groups excluding carboxylic acids is 1. The molecular formula is C17H16O9. The molecule has 0 spiro atoms. The average Bonchev–Trinajstić information content (AvgIpc) is 2.59. The summed E-state index contributed by atoms with van der Waals surface area (Å²) < 4.78 is 20.1. The number of ether oxygens (including phenoxy) is 4. The molecule has 0 aliphatic heterocycles. The van der Waals surface area contributed by atoms with Gasteiger partial charge < -0.3 is 29.2 Å². The number of hydrogen-bond donors (Lipinski definition) is 2. The van der Waals surface area contributed by atoms with Crippen molar-refractivity contribution in [3.05, 3.63) is 73.4 Å². The highest BCUT2D eigenvalue weighted by Crippen LogP contribution is 2.21. The van der Waals surface area contributed by atoms with Gasteiger partial charge >= 0.3 is 23.9 Å². The predicted octanol–water partition coefficient (Wildman–Crippen LogP) is 2.37. The molecular weight excluding hydrogens is 348 g/mol. The fraction of sp³-hybridized carbons (Fsp3) is 0.118. The van der Waals surface area contributed by atoms with E-state index in [9.17, 15) is 14.4 Å². The molecule has 9 nitrogen and oxygen atoms in total. The molecule has 26 heavy (non-hydrogen) atoms. The van der Waals surface area contributed by atoms with E-state index in [2.05, 4.69) is 19.7 Å². The molecule has 0 aliphatic rings. The molecule has 1 rings (SSSR count). The normalized spacial score (nSPS) is 10.2. The Morgan fingerprint density at radius 1 is 0.885 bits per heavy atom. The number of benzene rings is 1. The van der Waals surface area contributed by atoms with Crippen LogP contribution in [-0.4, -0.2) is 40.7 Å². The van der Waals surface area contributed by atoms with Crippen molar-refractivity contribution in [2.75, 3.05) is 6.61 Å². The first-order valence-corrected chi connectivity index (χ1v) is 6.93. The number of aromatic carboxylic acids is 2. The second kappa shape index (κ2) is 8.92. The lowest BCUT2D eigenvalue weighted by Gasteiger charge is -2.29. The quantitative estimate of drug-likeness (QED) is 0.345. The summed E-state index contributed by atoms with van der Waals surface area (Å²) in [6, 6.07) is 2.78. The maximum atomic E-state index is 12.4. The topological polar surface area (TPSA) is 129 Å². The Morgan fingerprint density at radius 3 is 1.73 bits per heavy atom. The van der Waals surface area contributed by atoms with Gasteiger partial charge in [0.15, 0.2) is 0 Å². The standard InChI is InChI=1S/C17H16O9/c1-4-23-10-17(24-5-2,25-6-3)26-16(22)13-8-11(14(18)19)7-12(9-13)15(20)21/h4-9H,1-3,10H2,(H,18,19)(H,20,21). The van der Waals surface area contributed by atoms with Crippen LogP contribution in [0.3, 0.4) is 0 Å². The van der Waals surface area contributed by atoms with Gasteiger partial charge in [-0.25, -0.2) is 14.4 Å². The average molecular weight is 364 g/mol. The molecule has 0 saturated heterocycles. The van der Waals surface area contributed by atoms with Gasteiger partial charge in [-0.1, -0.05) is 19.7 Å². The smallest absolute Gasteiger partial charge is 0.454 e. The highest BCUT2D eigenvalue weighted by molar-refractivity contribution is 5.99. The van der Waals surface area contributed by atoms with Gasteiger partial charge in [0, 0.05) is 0 Å². The van der Waals surface area contributed by atoms with Gasteiger partial charge in [-0.2, -0.15) is 0 Å². The summed E-state index contributed by atoms with van der Waals surface area (Å²) in [6.45, 7) is 9.51. The van der Waals surface area contributed by atoms with Crippen LogP contribution < -0.4 is 0 Å². The molecule has 0 heterocycles. The Hall–Kier alpha value is -3.75. The Kier molecular flexibility index (Phi) is 6.97. The molecule has 9 heteroatoms. The zero-order valence-corrected chi connectivity index (χ0v) is 13.5. The van der Waals surface area contributed by atoms with Crippen molar-refractivity contribution in [3.63, 3.8) is 0 Å². The molecule has 138 valence electrons. The van der Waals surface area contributed by atoms with E-state index in [0.29, 0.717) is 0 Å². The minimum Gasteiger partial charge on any atom is -0.489 e. The molecule has 0 bridgehead atoms. The summed E-state index contributed by atoms with van der Waals surface area (Å²) in [6.07, 6.45) is 2.87. The Balaban J connectivity index is 3.28. The molecule has 0 saturated carbocycles. The Bertz CT molecular complexity index is 693. The molecule has 0 amide bonds. The molecule has 1 aromatic carbocycles. The van der Waals surface area contributed by atoms with Gasteiger partial charge in [-0.05, 0) is 18.2 Å². The molecule has 0 aromatic heterocycles. The van der Waals surface area contributed by atoms with Crippen LogP contribution >= 0.6 is 0 Å². The van der Waals surface area contributed by atoms with Crippen LogP contribution in [0.2, 0.25) is 0 Å². The first kappa shape index (κ1) is 20.3. The van der Waals surface area contributed by atoms with E-state index in [-0.39, 0.29) is 5.56 Å². The van der Waals surface area contributed by atoms with Crippen molar-refractivity contribution in [1.82, 2.24) is 0 Å². The number of carboxylic acid groups (broad SMARTS) is 2. The summed E-state index contributed by atoms with van der Waals surface area (Å²) in [7, 11) is 0. The number of hydrogen-bond acceptors (Lipinski definition) is 7. The van der Waals surface area contributed by atoms with Crippen molar-refractivity contribution in [2.45, 2.75) is 5.97 Å². The summed E-state index contributed by atoms with van der Waals surface area (Å²) in [4.78, 5) is 34.7. The third kappa shape index (κ3) is 5.13. The fourth-order valence-electron chi connectivity index (χ4n) is 1.78. The number of carbonyl (C=O) groups is 3. The largest absolute Gasteiger partial charge is 0.489 e. The van der Waals surface area contributed by atoms with Crippen molar-refractivity contribution in [2.24, 2.45) is 0 Å². The fourth-order valence-corrected chi connectivity index (χ4v) is 1.78. The number of rotatable bonds is 11. The van der Waals surface area contributed by atoms with E-state index in [4.69, 9.17) is 29.2 Å². The van der Waals surface area contributed by atoms with Crippen LogP contribution in [0.5, 0.6) is 0 Å². The van der Waals surface area contributed by atoms with Crippen LogP contribution in [0, 0.1) is 0 Å². The van der Waals surface area contributed by atoms with Gasteiger partial charge in [0.25, 0.3) is 0 Å². The first-order chi connectivity index (χ1) is 12.3. The SMILES string of the molecule is C=COCC(OC=C)(OC=C)OC(=O)c1cc(C(=O)O)cc(C(=O)O)c1. The molecule has 0 unspecified atom stereocenters. The maximum Gasteiger partial charge on any atom is 0.454 e. The van der Waals surface area contributed by atoms with Crippen LogP contribution in [-0.2, 0) is 18.9 Å². The van der Waals surface area contributed by atoms with Crippen LogP contribution in [0.4, 0.5) is 0 Å². The highest BCUT2D eigenvalue weighted by Gasteiger charge is 2.40. The van der Waals surface area contributed by atoms with Crippen molar-refractivity contribution < 1.29 is 43.5 Å². The Morgan fingerprint density at radius 2 is 1.35 bits per heavy atom. The summed E-state index contributed by atoms with van der Waals surface area (Å²) in [5.74, 6) is -6.11. The predicted molar refractivity (Wildman–Crippen MR) is 87.2 cm³/mol. The van der Waals surface area contributed by atoms with Gasteiger partial charge in [0.2, 0.25) is 6.61 Å². The second-order valence-corrected chi connectivity index (χ2v) is 4.53. The lowest BCUT2D eigenvalue weighted by atomic mass is 10.1. The van der Waals surface area contributed by atoms with E-state index < -0.39 is 41.6 Å². The summed E-state index contributed by atoms with van der Waals surface area (Å²) in [5.41, 5.74) is -1.19. The zero-order chi connectivity index (χ0) is 19.7. The maximum absolute atomic E-state index is 12.4. The second-order valence-electron chi connectivity index (χ2n) is 4.53. The van der Waals surface area contributed by atoms with Crippen molar-refractivity contribution in [3.8, 4) is 0 Å². The number of carboxylic acids is 2. The summed E-state index contributed by atoms with van der Waals surface area (Å²) >= 11 is 0. The minimum absolute atomic E-state index is 0.356. The highest BCUT2D eigenvalue weighted by atomic mass is 16.9. The molecule has 0 radical (unpaired) electrons. The van der Waals surface area contributed by atoms with Gasteiger partial charge in [-0.3, -0.25) is 0 Å². The van der Waals surface area contributed by atoms with Gasteiger partial charge in [-0.15, -0.1) is 0 Å². The van der Waals surface area contributed by atoms with E-state index in [1.807, 2.05) is 0 Å². The van der Waals surface area contributed by atoms with E-state index in [1.165, 1.54) is 0 Å². The summed E-state index contributed by atoms with van der Waals surface area (Å²) in [5, 5.41) is 18.1. The van der Waals surface area contributed by atoms with Crippen LogP contribution in [0.25, 0.3) is 0 Å². The van der Waals surface area contributed by atoms with Crippen LogP contribution in [0.15, 0.2) is 56.7 Å². The molecule has 0 fully saturated rings. The third-order valence-electron chi connectivity index (χ3n) is 2.81. The Labute approximate surface area is 148 Å². The zero-order valence-electron chi connectivity index (χ0n) is 13.5. The minimum atomic E-state index is -2.13. The number of esters is 1. The van der Waals surface area contributed by atoms with Crippen molar-refractivity contribution in [1.29, 1.82) is 0 Å². The van der Waals surface area contributed by atoms with Gasteiger partial charge in [0.1, 0.15) is 0 Å². The van der Waals surface area contributed by atoms with E-state index in [0.717, 1.165) is 37.0 Å². The van der Waals surface area contributed by atoms with Crippen molar-refractivity contribution >= 4 is 17.9 Å². The van der Waals surface area contributed by atoms with E-state index >= 15 is 0 Å². The molecule has 0 atom stereocenters. The third-order valence-corrected chi connectivity index (χ3v) is 2.81. The molecule has 0 aliphatic carbocycles. The first-order valence-electron chi connectivity index (χ1n) is 6.93. The molecule has 2 N–H and O–H groups in total. The van der Waals surface area contributed by atoms with Crippen LogP contribution in [0.1, 0.15) is 31.1 Å². The molecule has 1 aromatic rings. The van der Waals surface area contributed by atoms with E-state index in [1.54, 1.807) is 0 Å². The lowest BCUT2D eigenvalue weighted by molar-refractivity contribution is -0.326. The lowest BCUT2D eigenvalue weighted by Crippen LogP contribution is -2.42.